The maximum Gasteiger partial charge on any atom is 0.361 e. The van der Waals surface area contributed by atoms with Gasteiger partial charge in [0.2, 0.25) is 12.5 Å². The van der Waals surface area contributed by atoms with Gasteiger partial charge in [-0.2, -0.15) is 0 Å². The van der Waals surface area contributed by atoms with Gasteiger partial charge >= 0.3 is 5.97 Å². The zero-order chi connectivity index (χ0) is 23.8. The van der Waals surface area contributed by atoms with Crippen LogP contribution in [0.4, 0.5) is 0 Å². The Hall–Kier alpha value is -2.74. The number of fused-ring (bicyclic) bond motifs is 2. The van der Waals surface area contributed by atoms with E-state index in [1.165, 1.54) is 13.2 Å². The highest BCUT2D eigenvalue weighted by Gasteiger charge is 2.40. The number of carbonyl (C=O) groups is 2. The molecule has 4 rings (SSSR count). The van der Waals surface area contributed by atoms with E-state index < -0.39 is 0 Å². The van der Waals surface area contributed by atoms with Gasteiger partial charge < -0.3 is 23.4 Å². The van der Waals surface area contributed by atoms with E-state index in [1.54, 1.807) is 31.4 Å². The molecule has 7 nitrogen and oxygen atoms in total. The zero-order valence-corrected chi connectivity index (χ0v) is 20.1. The fourth-order valence-electron chi connectivity index (χ4n) is 4.35. The lowest BCUT2D eigenvalue weighted by atomic mass is 9.89. The highest BCUT2D eigenvalue weighted by molar-refractivity contribution is 6.35. The van der Waals surface area contributed by atoms with Gasteiger partial charge in [0.1, 0.15) is 6.54 Å². The van der Waals surface area contributed by atoms with E-state index in [2.05, 4.69) is 0 Å². The lowest BCUT2D eigenvalue weighted by Crippen LogP contribution is -2.51. The fourth-order valence-corrected chi connectivity index (χ4v) is 4.83. The molecule has 0 saturated carbocycles. The van der Waals surface area contributed by atoms with Crippen molar-refractivity contribution in [1.82, 2.24) is 0 Å². The van der Waals surface area contributed by atoms with Crippen molar-refractivity contribution in [2.45, 2.75) is 13.0 Å². The molecule has 2 heterocycles. The second-order valence-electron chi connectivity index (χ2n) is 8.28. The number of ether oxygens (including phenoxy) is 4. The highest BCUT2D eigenvalue weighted by atomic mass is 35.5. The molecule has 0 aromatic heterocycles. The van der Waals surface area contributed by atoms with Crippen molar-refractivity contribution in [3.63, 3.8) is 0 Å². The fraction of sp³-hybridized carbons (Fsp3) is 0.333. The van der Waals surface area contributed by atoms with Crippen LogP contribution in [0, 0.1) is 0 Å². The first-order valence-corrected chi connectivity index (χ1v) is 11.1. The summed E-state index contributed by atoms with van der Waals surface area (Å²) in [6.07, 6.45) is 3.68. The SMILES string of the molecule is COC(=O)C[N+]1(C)CCc2c(c(OC)c3c(c2C(=O)/C=C/c2ccc(Cl)cc2Cl)OCO3)C1. The lowest BCUT2D eigenvalue weighted by molar-refractivity contribution is -0.917. The van der Waals surface area contributed by atoms with Gasteiger partial charge in [-0.3, -0.25) is 4.79 Å². The molecule has 0 N–H and O–H groups in total. The first-order chi connectivity index (χ1) is 15.8. The van der Waals surface area contributed by atoms with E-state index in [0.29, 0.717) is 62.4 Å². The summed E-state index contributed by atoms with van der Waals surface area (Å²) in [5.41, 5.74) is 2.80. The van der Waals surface area contributed by atoms with Crippen molar-refractivity contribution in [3.05, 3.63) is 56.6 Å². The quantitative estimate of drug-likeness (QED) is 0.259. The van der Waals surface area contributed by atoms with Gasteiger partial charge in [0.05, 0.1) is 38.9 Å². The largest absolute Gasteiger partial charge is 0.492 e. The zero-order valence-electron chi connectivity index (χ0n) is 18.6. The summed E-state index contributed by atoms with van der Waals surface area (Å²) in [4.78, 5) is 25.4. The van der Waals surface area contributed by atoms with E-state index in [-0.39, 0.29) is 25.1 Å². The minimum atomic E-state index is -0.292. The molecule has 2 aromatic rings. The number of ketones is 1. The number of carbonyl (C=O) groups excluding carboxylic acids is 2. The maximum absolute atomic E-state index is 13.4. The number of hydrogen-bond acceptors (Lipinski definition) is 6. The minimum absolute atomic E-state index is 0.00409. The Bertz CT molecular complexity index is 1160. The number of halogens is 2. The van der Waals surface area contributed by atoms with Gasteiger partial charge in [-0.25, -0.2) is 4.79 Å². The van der Waals surface area contributed by atoms with Crippen molar-refractivity contribution in [2.75, 3.05) is 41.1 Å². The third-order valence-electron chi connectivity index (χ3n) is 5.99. The molecule has 0 radical (unpaired) electrons. The summed E-state index contributed by atoms with van der Waals surface area (Å²) < 4.78 is 22.4. The number of methoxy groups -OCH3 is 2. The summed E-state index contributed by atoms with van der Waals surface area (Å²) in [6.45, 7) is 1.34. The van der Waals surface area contributed by atoms with Crippen molar-refractivity contribution in [3.8, 4) is 17.2 Å². The molecule has 0 bridgehead atoms. The van der Waals surface area contributed by atoms with Crippen molar-refractivity contribution in [2.24, 2.45) is 0 Å². The molecular weight excluding hydrogens is 469 g/mol. The lowest BCUT2D eigenvalue weighted by Gasteiger charge is -2.38. The van der Waals surface area contributed by atoms with Gasteiger partial charge in [-0.05, 0) is 35.4 Å². The van der Waals surface area contributed by atoms with Crippen LogP contribution in [-0.4, -0.2) is 57.4 Å². The van der Waals surface area contributed by atoms with E-state index in [4.69, 9.17) is 42.1 Å². The molecule has 2 aliphatic heterocycles. The number of rotatable bonds is 6. The molecule has 0 aliphatic carbocycles. The smallest absolute Gasteiger partial charge is 0.361 e. The Labute approximate surface area is 202 Å². The van der Waals surface area contributed by atoms with Crippen LogP contribution in [0.5, 0.6) is 17.2 Å². The van der Waals surface area contributed by atoms with Gasteiger partial charge in [0.25, 0.3) is 0 Å². The summed E-state index contributed by atoms with van der Waals surface area (Å²) in [7, 11) is 4.91. The first-order valence-electron chi connectivity index (χ1n) is 10.4. The van der Waals surface area contributed by atoms with Crippen LogP contribution in [0.25, 0.3) is 6.08 Å². The molecule has 9 heteroatoms. The van der Waals surface area contributed by atoms with Gasteiger partial charge in [-0.15, -0.1) is 0 Å². The Morgan fingerprint density at radius 3 is 2.61 bits per heavy atom. The van der Waals surface area contributed by atoms with Crippen LogP contribution in [0.1, 0.15) is 27.0 Å². The number of nitrogens with zero attached hydrogens (tertiary/aromatic N) is 1. The molecule has 2 aliphatic rings. The first kappa shape index (κ1) is 23.4. The van der Waals surface area contributed by atoms with E-state index in [1.807, 2.05) is 7.05 Å². The van der Waals surface area contributed by atoms with E-state index in [0.717, 1.165) is 11.1 Å². The number of hydrogen-bond donors (Lipinski definition) is 0. The third-order valence-corrected chi connectivity index (χ3v) is 6.56. The van der Waals surface area contributed by atoms with Crippen molar-refractivity contribution in [1.29, 1.82) is 0 Å². The average Bonchev–Trinajstić information content (AvgIpc) is 3.25. The molecule has 1 unspecified atom stereocenters. The molecule has 0 spiro atoms. The van der Waals surface area contributed by atoms with Crippen LogP contribution in [0.3, 0.4) is 0 Å². The number of quaternary nitrogens is 1. The van der Waals surface area contributed by atoms with Gasteiger partial charge in [-0.1, -0.05) is 29.3 Å². The average molecular weight is 493 g/mol. The highest BCUT2D eigenvalue weighted by Crippen LogP contribution is 2.50. The second kappa shape index (κ2) is 9.25. The van der Waals surface area contributed by atoms with Crippen LogP contribution in [-0.2, 0) is 22.5 Å². The second-order valence-corrected chi connectivity index (χ2v) is 9.12. The Kier molecular flexibility index (Phi) is 6.56. The Morgan fingerprint density at radius 1 is 1.15 bits per heavy atom. The number of allylic oxidation sites excluding steroid dienone is 1. The molecule has 0 fully saturated rings. The monoisotopic (exact) mass is 492 g/mol. The Morgan fingerprint density at radius 2 is 1.91 bits per heavy atom. The number of esters is 1. The predicted octanol–water partition coefficient (Wildman–Crippen LogP) is 4.30. The minimum Gasteiger partial charge on any atom is -0.492 e. The summed E-state index contributed by atoms with van der Waals surface area (Å²) in [5.74, 6) is 0.800. The molecule has 1 atom stereocenters. The topological polar surface area (TPSA) is 71.1 Å². The van der Waals surface area contributed by atoms with Crippen LogP contribution < -0.4 is 14.2 Å². The number of benzene rings is 2. The molecule has 0 saturated heterocycles. The molecule has 33 heavy (non-hydrogen) atoms. The predicted molar refractivity (Wildman–Crippen MR) is 124 cm³/mol. The molecule has 0 amide bonds. The van der Waals surface area contributed by atoms with Crippen molar-refractivity contribution < 1.29 is 33.0 Å². The van der Waals surface area contributed by atoms with Gasteiger partial charge in [0.15, 0.2) is 23.8 Å². The van der Waals surface area contributed by atoms with Gasteiger partial charge in [0, 0.05) is 16.5 Å². The summed E-state index contributed by atoms with van der Waals surface area (Å²) in [6, 6.07) is 5.08. The maximum atomic E-state index is 13.4. The standard InChI is InChI=1S/C24H24Cl2NO6/c1-27(12-20(29)30-2)9-8-16-17(11-27)22(31-3)24-23(32-13-33-24)21(16)19(28)7-5-14-4-6-15(25)10-18(14)26/h4-7,10H,8-9,11-13H2,1-3H3/q+1/b7-5+. The van der Waals surface area contributed by atoms with Crippen LogP contribution in [0.15, 0.2) is 24.3 Å². The van der Waals surface area contributed by atoms with Crippen LogP contribution >= 0.6 is 23.2 Å². The Balaban J connectivity index is 1.77. The van der Waals surface area contributed by atoms with Crippen LogP contribution in [0.2, 0.25) is 10.0 Å². The van der Waals surface area contributed by atoms with Crippen molar-refractivity contribution >= 4 is 41.0 Å². The summed E-state index contributed by atoms with van der Waals surface area (Å²) in [5, 5.41) is 0.966. The number of likely N-dealkylation sites (N-methyl/N-ethyl adjacent to an activating group) is 1. The normalized spacial score (nSPS) is 18.8. The van der Waals surface area contributed by atoms with E-state index >= 15 is 0 Å². The molecule has 2 aromatic carbocycles. The third kappa shape index (κ3) is 4.53. The molecule has 174 valence electrons. The molecular formula is C24H24Cl2NO6+. The summed E-state index contributed by atoms with van der Waals surface area (Å²) >= 11 is 12.2. The van der Waals surface area contributed by atoms with E-state index in [9.17, 15) is 9.59 Å².